The fourth-order valence-corrected chi connectivity index (χ4v) is 4.02. The van der Waals surface area contributed by atoms with Gasteiger partial charge in [-0.25, -0.2) is 4.79 Å². The molecule has 0 radical (unpaired) electrons. The van der Waals surface area contributed by atoms with Crippen molar-refractivity contribution in [2.45, 2.75) is 39.3 Å². The van der Waals surface area contributed by atoms with E-state index in [1.54, 1.807) is 24.3 Å². The number of hydrogen-bond donors (Lipinski definition) is 1. The Morgan fingerprint density at radius 1 is 1.21 bits per heavy atom. The van der Waals surface area contributed by atoms with E-state index in [0.717, 1.165) is 11.1 Å². The van der Waals surface area contributed by atoms with Crippen LogP contribution in [0.5, 0.6) is 5.75 Å². The van der Waals surface area contributed by atoms with E-state index in [1.807, 2.05) is 13.8 Å². The van der Waals surface area contributed by atoms with Crippen molar-refractivity contribution in [2.24, 2.45) is 0 Å². The first kappa shape index (κ1) is 22.0. The Bertz CT molecular complexity index is 1250. The molecule has 2 heterocycles. The van der Waals surface area contributed by atoms with Crippen LogP contribution in [0.3, 0.4) is 0 Å². The van der Waals surface area contributed by atoms with E-state index in [4.69, 9.17) is 4.74 Å². The molecule has 1 fully saturated rings. The van der Waals surface area contributed by atoms with Gasteiger partial charge >= 0.3 is 6.09 Å². The maximum atomic E-state index is 12.9. The zero-order valence-corrected chi connectivity index (χ0v) is 18.5. The lowest BCUT2D eigenvalue weighted by Crippen LogP contribution is -2.52. The molecule has 2 aliphatic heterocycles. The minimum atomic E-state index is -0.709. The molecule has 168 valence electrons. The monoisotopic (exact) mass is 446 g/mol. The van der Waals surface area contributed by atoms with Gasteiger partial charge in [0.25, 0.3) is 5.91 Å². The lowest BCUT2D eigenvalue weighted by atomic mass is 10.0. The Morgan fingerprint density at radius 3 is 2.67 bits per heavy atom. The molecule has 0 saturated carbocycles. The van der Waals surface area contributed by atoms with Gasteiger partial charge in [0.2, 0.25) is 11.8 Å². The van der Waals surface area contributed by atoms with Crippen LogP contribution in [0.15, 0.2) is 30.3 Å². The van der Waals surface area contributed by atoms with Gasteiger partial charge in [0.1, 0.15) is 11.8 Å². The number of fused-ring (bicyclic) bond motifs is 1. The third-order valence-electron chi connectivity index (χ3n) is 6.14. The highest BCUT2D eigenvalue weighted by atomic mass is 16.6. The number of aryl methyl sites for hydroxylation is 1. The summed E-state index contributed by atoms with van der Waals surface area (Å²) in [6.07, 6.45) is -0.218. The van der Waals surface area contributed by atoms with Crippen molar-refractivity contribution in [1.82, 2.24) is 10.2 Å². The quantitative estimate of drug-likeness (QED) is 0.724. The molecule has 0 aliphatic carbocycles. The number of nitriles is 1. The molecule has 1 N–H and O–H groups in total. The van der Waals surface area contributed by atoms with Crippen LogP contribution < -0.4 is 15.0 Å². The van der Waals surface area contributed by atoms with Crippen molar-refractivity contribution in [3.05, 3.63) is 58.1 Å². The molecule has 1 unspecified atom stereocenters. The summed E-state index contributed by atoms with van der Waals surface area (Å²) >= 11 is 0. The molecular formula is C24H22N4O5. The average molecular weight is 446 g/mol. The topological polar surface area (TPSA) is 120 Å². The number of carbonyl (C=O) groups excluding carboxylic acids is 4. The normalized spacial score (nSPS) is 17.3. The SMILES string of the molecule is Cc1cc(N(C)C(=O)Oc2ccc3c(c2)C(=O)N(C2CCC(=O)NC2=O)C3)cc(C#N)c1C. The number of piperidine rings is 1. The van der Waals surface area contributed by atoms with E-state index >= 15 is 0 Å². The second-order valence-electron chi connectivity index (χ2n) is 8.19. The first-order chi connectivity index (χ1) is 15.7. The number of amides is 4. The van der Waals surface area contributed by atoms with E-state index < -0.39 is 18.0 Å². The molecule has 0 spiro atoms. The Hall–Kier alpha value is -4.19. The summed E-state index contributed by atoms with van der Waals surface area (Å²) in [5.41, 5.74) is 3.78. The second kappa shape index (κ2) is 8.39. The molecule has 4 amide bonds. The summed E-state index contributed by atoms with van der Waals surface area (Å²) in [4.78, 5) is 52.0. The minimum absolute atomic E-state index is 0.178. The molecule has 9 heteroatoms. The van der Waals surface area contributed by atoms with Crippen LogP contribution in [0, 0.1) is 25.2 Å². The highest BCUT2D eigenvalue weighted by Gasteiger charge is 2.39. The predicted octanol–water partition coefficient (Wildman–Crippen LogP) is 2.57. The summed E-state index contributed by atoms with van der Waals surface area (Å²) < 4.78 is 5.47. The lowest BCUT2D eigenvalue weighted by Gasteiger charge is -2.29. The Balaban J connectivity index is 1.50. The molecule has 0 bridgehead atoms. The summed E-state index contributed by atoms with van der Waals surface area (Å²) in [5.74, 6) is -0.984. The third kappa shape index (κ3) is 4.03. The van der Waals surface area contributed by atoms with Gasteiger partial charge in [-0.1, -0.05) is 6.07 Å². The molecule has 2 aliphatic rings. The summed E-state index contributed by atoms with van der Waals surface area (Å²) in [7, 11) is 1.54. The molecule has 4 rings (SSSR count). The van der Waals surface area contributed by atoms with Crippen LogP contribution in [-0.2, 0) is 16.1 Å². The number of rotatable bonds is 3. The van der Waals surface area contributed by atoms with Crippen molar-refractivity contribution in [1.29, 1.82) is 5.26 Å². The summed E-state index contributed by atoms with van der Waals surface area (Å²) in [6.45, 7) is 3.95. The van der Waals surface area contributed by atoms with Crippen LogP contribution >= 0.6 is 0 Å². The van der Waals surface area contributed by atoms with Gasteiger partial charge < -0.3 is 9.64 Å². The predicted molar refractivity (Wildman–Crippen MR) is 118 cm³/mol. The fourth-order valence-electron chi connectivity index (χ4n) is 4.02. The Morgan fingerprint density at radius 2 is 1.97 bits per heavy atom. The van der Waals surface area contributed by atoms with Gasteiger partial charge in [-0.15, -0.1) is 0 Å². The standard InChI is InChI=1S/C24H22N4O5/c1-13-8-17(9-16(11-25)14(13)2)27(3)24(32)33-18-5-4-15-12-28(23(31)19(15)10-18)20-6-7-21(29)26-22(20)30/h4-5,8-10,20H,6-7,12H2,1-3H3,(H,26,29,30). The number of carbonyl (C=O) groups is 4. The van der Waals surface area contributed by atoms with Crippen LogP contribution in [0.4, 0.5) is 10.5 Å². The van der Waals surface area contributed by atoms with Gasteiger partial charge in [0, 0.05) is 31.3 Å². The van der Waals surface area contributed by atoms with Crippen LogP contribution in [-0.4, -0.2) is 41.8 Å². The first-order valence-corrected chi connectivity index (χ1v) is 10.4. The van der Waals surface area contributed by atoms with Gasteiger partial charge in [-0.2, -0.15) is 5.26 Å². The maximum Gasteiger partial charge on any atom is 0.419 e. The zero-order valence-electron chi connectivity index (χ0n) is 18.5. The number of benzene rings is 2. The van der Waals surface area contributed by atoms with Crippen LogP contribution in [0.2, 0.25) is 0 Å². The van der Waals surface area contributed by atoms with Crippen molar-refractivity contribution in [3.8, 4) is 11.8 Å². The van der Waals surface area contributed by atoms with E-state index in [0.29, 0.717) is 22.4 Å². The summed E-state index contributed by atoms with van der Waals surface area (Å²) in [6, 6.07) is 9.58. The molecular weight excluding hydrogens is 424 g/mol. The Labute approximate surface area is 190 Å². The highest BCUT2D eigenvalue weighted by Crippen LogP contribution is 2.30. The third-order valence-corrected chi connectivity index (χ3v) is 6.14. The molecule has 1 saturated heterocycles. The van der Waals surface area contributed by atoms with E-state index in [-0.39, 0.29) is 37.0 Å². The number of nitrogens with one attached hydrogen (secondary N) is 1. The fraction of sp³-hybridized carbons (Fsp3) is 0.292. The van der Waals surface area contributed by atoms with Crippen molar-refractivity contribution in [2.75, 3.05) is 11.9 Å². The van der Waals surface area contributed by atoms with Crippen LogP contribution in [0.25, 0.3) is 0 Å². The average Bonchev–Trinajstić information content (AvgIpc) is 3.10. The van der Waals surface area contributed by atoms with Gasteiger partial charge in [-0.05, 0) is 61.2 Å². The minimum Gasteiger partial charge on any atom is -0.410 e. The zero-order chi connectivity index (χ0) is 23.9. The second-order valence-corrected chi connectivity index (χ2v) is 8.19. The van der Waals surface area contributed by atoms with E-state index in [2.05, 4.69) is 11.4 Å². The van der Waals surface area contributed by atoms with Crippen LogP contribution in [0.1, 0.15) is 45.5 Å². The van der Waals surface area contributed by atoms with Crippen molar-refractivity contribution in [3.63, 3.8) is 0 Å². The van der Waals surface area contributed by atoms with E-state index in [1.165, 1.54) is 22.9 Å². The number of hydrogen-bond acceptors (Lipinski definition) is 6. The van der Waals surface area contributed by atoms with Gasteiger partial charge in [0.15, 0.2) is 0 Å². The largest absolute Gasteiger partial charge is 0.419 e. The smallest absolute Gasteiger partial charge is 0.410 e. The maximum absolute atomic E-state index is 12.9. The Kier molecular flexibility index (Phi) is 5.60. The summed E-state index contributed by atoms with van der Waals surface area (Å²) in [5, 5.41) is 11.6. The molecule has 2 aromatic rings. The molecule has 33 heavy (non-hydrogen) atoms. The number of anilines is 1. The number of nitrogens with zero attached hydrogens (tertiary/aromatic N) is 3. The molecule has 1 atom stereocenters. The van der Waals surface area contributed by atoms with Gasteiger partial charge in [0.05, 0.1) is 11.6 Å². The highest BCUT2D eigenvalue weighted by molar-refractivity contribution is 6.05. The van der Waals surface area contributed by atoms with Crippen molar-refractivity contribution < 1.29 is 23.9 Å². The van der Waals surface area contributed by atoms with Gasteiger partial charge in [-0.3, -0.25) is 24.6 Å². The molecule has 2 aromatic carbocycles. The van der Waals surface area contributed by atoms with E-state index in [9.17, 15) is 24.4 Å². The number of imide groups is 1. The lowest BCUT2D eigenvalue weighted by molar-refractivity contribution is -0.136. The first-order valence-electron chi connectivity index (χ1n) is 10.4. The number of ether oxygens (including phenoxy) is 1. The van der Waals surface area contributed by atoms with Crippen molar-refractivity contribution >= 4 is 29.5 Å². The molecule has 0 aromatic heterocycles. The molecule has 9 nitrogen and oxygen atoms in total.